The van der Waals surface area contributed by atoms with Crippen LogP contribution in [0.5, 0.6) is 0 Å². The molecule has 3 heterocycles. The fourth-order valence-electron chi connectivity index (χ4n) is 5.01. The monoisotopic (exact) mass is 589 g/mol. The predicted molar refractivity (Wildman–Crippen MR) is 144 cm³/mol. The number of benzene rings is 1. The van der Waals surface area contributed by atoms with Crippen molar-refractivity contribution in [1.82, 2.24) is 14.9 Å². The van der Waals surface area contributed by atoms with Gasteiger partial charge in [0.25, 0.3) is 5.56 Å². The van der Waals surface area contributed by atoms with E-state index in [1.807, 2.05) is 30.3 Å². The van der Waals surface area contributed by atoms with Gasteiger partial charge < -0.3 is 34.1 Å². The summed E-state index contributed by atoms with van der Waals surface area (Å²) in [5, 5.41) is 13.2. The van der Waals surface area contributed by atoms with Gasteiger partial charge in [0, 0.05) is 50.9 Å². The lowest BCUT2D eigenvalue weighted by Crippen LogP contribution is -2.41. The molecule has 2 aliphatic rings. The summed E-state index contributed by atoms with van der Waals surface area (Å²) in [5.74, 6) is -2.48. The number of amides is 1. The zero-order valence-electron chi connectivity index (χ0n) is 23.5. The molecule has 2 aromatic rings. The first-order chi connectivity index (χ1) is 20.0. The molecule has 1 aromatic carbocycles. The van der Waals surface area contributed by atoms with Crippen molar-refractivity contribution in [2.45, 2.75) is 77.2 Å². The minimum Gasteiger partial charge on any atom is -0.455 e. The smallest absolute Gasteiger partial charge is 0.330 e. The third kappa shape index (κ3) is 7.91. The van der Waals surface area contributed by atoms with Gasteiger partial charge in [-0.15, -0.1) is 0 Å². The number of nitrogens with one attached hydrogen (secondary N) is 2. The molecule has 14 nitrogen and oxygen atoms in total. The molecule has 228 valence electrons. The number of H-pyrrole nitrogens is 1. The molecule has 2 aliphatic heterocycles. The van der Waals surface area contributed by atoms with Gasteiger partial charge in [-0.2, -0.15) is 0 Å². The molecule has 2 saturated heterocycles. The van der Waals surface area contributed by atoms with E-state index in [4.69, 9.17) is 23.7 Å². The van der Waals surface area contributed by atoms with Crippen molar-refractivity contribution in [3.8, 4) is 0 Å². The Morgan fingerprint density at radius 1 is 1.07 bits per heavy atom. The van der Waals surface area contributed by atoms with Gasteiger partial charge in [0.1, 0.15) is 12.3 Å². The number of aromatic nitrogens is 2. The van der Waals surface area contributed by atoms with Crippen LogP contribution in [0.1, 0.15) is 44.0 Å². The second-order valence-corrected chi connectivity index (χ2v) is 10.3. The second-order valence-electron chi connectivity index (χ2n) is 10.3. The lowest BCUT2D eigenvalue weighted by atomic mass is 9.94. The molecule has 4 rings (SSSR count). The highest BCUT2D eigenvalue weighted by Gasteiger charge is 2.49. The number of hydrogen-bond donors (Lipinski definition) is 3. The number of rotatable bonds is 11. The molecule has 3 N–H and O–H groups in total. The maximum Gasteiger partial charge on any atom is 0.330 e. The van der Waals surface area contributed by atoms with Crippen LogP contribution in [-0.4, -0.2) is 76.4 Å². The molecule has 2 fully saturated rings. The van der Waals surface area contributed by atoms with Gasteiger partial charge >= 0.3 is 17.6 Å². The largest absolute Gasteiger partial charge is 0.455 e. The van der Waals surface area contributed by atoms with E-state index < -0.39 is 71.9 Å². The Hall–Kier alpha value is -3.85. The van der Waals surface area contributed by atoms with Crippen molar-refractivity contribution < 1.29 is 43.2 Å². The fourth-order valence-corrected chi connectivity index (χ4v) is 5.01. The fraction of sp³-hybridized carbons (Fsp3) is 0.536. The number of esters is 2. The molecular weight excluding hydrogens is 554 g/mol. The third-order valence-corrected chi connectivity index (χ3v) is 7.04. The highest BCUT2D eigenvalue weighted by molar-refractivity contribution is 5.76. The summed E-state index contributed by atoms with van der Waals surface area (Å²) < 4.78 is 29.4. The SMILES string of the molecule is CC(=O)O[C@@H]1O[C@H](COCc2ccccc2)[C@H](CC(=O)NC[C@H]2O[C@@H](n3cc(C)c(=O)[nH]c3=O)C[C@@H]2O)[C@@H]1OC(C)=O. The normalized spacial score (nSPS) is 27.0. The van der Waals surface area contributed by atoms with E-state index in [1.165, 1.54) is 24.6 Å². The zero-order chi connectivity index (χ0) is 30.4. The Labute approximate surface area is 240 Å². The Bertz CT molecular complexity index is 1380. The summed E-state index contributed by atoms with van der Waals surface area (Å²) in [6.07, 6.45) is -4.45. The van der Waals surface area contributed by atoms with Crippen LogP contribution in [0.3, 0.4) is 0 Å². The van der Waals surface area contributed by atoms with Crippen molar-refractivity contribution in [2.75, 3.05) is 13.2 Å². The quantitative estimate of drug-likeness (QED) is 0.301. The van der Waals surface area contributed by atoms with Crippen LogP contribution in [0, 0.1) is 12.8 Å². The van der Waals surface area contributed by atoms with Crippen LogP contribution in [0.15, 0.2) is 46.1 Å². The number of carbonyl (C=O) groups excluding carboxylic acids is 3. The number of ether oxygens (including phenoxy) is 5. The van der Waals surface area contributed by atoms with Gasteiger partial charge in [-0.25, -0.2) is 4.79 Å². The van der Waals surface area contributed by atoms with Gasteiger partial charge in [-0.1, -0.05) is 30.3 Å². The molecule has 0 bridgehead atoms. The Morgan fingerprint density at radius 3 is 2.48 bits per heavy atom. The van der Waals surface area contributed by atoms with Gasteiger partial charge in [0.15, 0.2) is 6.10 Å². The molecule has 0 saturated carbocycles. The summed E-state index contributed by atoms with van der Waals surface area (Å²) in [5.41, 5.74) is 0.0415. The van der Waals surface area contributed by atoms with Crippen molar-refractivity contribution in [1.29, 1.82) is 0 Å². The number of aryl methyl sites for hydroxylation is 1. The lowest BCUT2D eigenvalue weighted by Gasteiger charge is -2.23. The number of aliphatic hydroxyl groups excluding tert-OH is 1. The number of nitrogens with zero attached hydrogens (tertiary/aromatic N) is 1. The minimum atomic E-state index is -1.23. The van der Waals surface area contributed by atoms with Gasteiger partial charge in [-0.3, -0.25) is 28.7 Å². The molecule has 14 heteroatoms. The second kappa shape index (κ2) is 13.9. The van der Waals surface area contributed by atoms with Crippen LogP contribution in [0.2, 0.25) is 0 Å². The summed E-state index contributed by atoms with van der Waals surface area (Å²) in [6, 6.07) is 9.41. The lowest BCUT2D eigenvalue weighted by molar-refractivity contribution is -0.196. The number of aromatic amines is 1. The van der Waals surface area contributed by atoms with Crippen LogP contribution in [0.25, 0.3) is 0 Å². The zero-order valence-corrected chi connectivity index (χ0v) is 23.5. The standard InChI is InChI=1S/C28H35N3O11/c1-15-12-31(28(37)30-26(15)36)24-10-20(34)21(41-24)11-29-23(35)9-19-22(14-38-13-18-7-5-4-6-8-18)42-27(40-17(3)33)25(19)39-16(2)32/h4-8,12,19-22,24-25,27,34H,9-11,13-14H2,1-3H3,(H,29,35)(H,30,36,37)/t19-,20-,21+,22+,24+,25-,27+/m0/s1. The number of aliphatic hydroxyl groups is 1. The van der Waals surface area contributed by atoms with E-state index in [0.29, 0.717) is 5.56 Å². The maximum absolute atomic E-state index is 13.1. The first-order valence-corrected chi connectivity index (χ1v) is 13.6. The van der Waals surface area contributed by atoms with Crippen molar-refractivity contribution in [2.24, 2.45) is 5.92 Å². The van der Waals surface area contributed by atoms with E-state index in [0.717, 1.165) is 5.56 Å². The highest BCUT2D eigenvalue weighted by Crippen LogP contribution is 2.34. The molecule has 0 unspecified atom stereocenters. The van der Waals surface area contributed by atoms with Crippen LogP contribution < -0.4 is 16.6 Å². The van der Waals surface area contributed by atoms with Crippen LogP contribution >= 0.6 is 0 Å². The molecule has 0 aliphatic carbocycles. The van der Waals surface area contributed by atoms with Gasteiger partial charge in [-0.05, 0) is 12.5 Å². The van der Waals surface area contributed by atoms with Gasteiger partial charge in [0.2, 0.25) is 12.2 Å². The van der Waals surface area contributed by atoms with E-state index in [1.54, 1.807) is 6.92 Å². The van der Waals surface area contributed by atoms with Crippen molar-refractivity contribution >= 4 is 17.8 Å². The molecule has 7 atom stereocenters. The molecular formula is C28H35N3O11. The van der Waals surface area contributed by atoms with E-state index in [9.17, 15) is 29.1 Å². The summed E-state index contributed by atoms with van der Waals surface area (Å²) in [6.45, 7) is 4.15. The first kappa shape index (κ1) is 31.1. The Balaban J connectivity index is 1.40. The summed E-state index contributed by atoms with van der Waals surface area (Å²) >= 11 is 0. The topological polar surface area (TPSA) is 184 Å². The van der Waals surface area contributed by atoms with Gasteiger partial charge in [0.05, 0.1) is 25.4 Å². The molecule has 0 spiro atoms. The first-order valence-electron chi connectivity index (χ1n) is 13.6. The highest BCUT2D eigenvalue weighted by atomic mass is 16.7. The molecule has 1 amide bonds. The average Bonchev–Trinajstić information content (AvgIpc) is 3.44. The summed E-state index contributed by atoms with van der Waals surface area (Å²) in [4.78, 5) is 62.7. The number of carbonyl (C=O) groups is 3. The number of hydrogen-bond acceptors (Lipinski definition) is 11. The van der Waals surface area contributed by atoms with Crippen molar-refractivity contribution in [3.05, 3.63) is 68.5 Å². The predicted octanol–water partition coefficient (Wildman–Crippen LogP) is 0.0524. The average molecular weight is 590 g/mol. The minimum absolute atomic E-state index is 0.0296. The maximum atomic E-state index is 13.1. The van der Waals surface area contributed by atoms with Crippen molar-refractivity contribution in [3.63, 3.8) is 0 Å². The third-order valence-electron chi connectivity index (χ3n) is 7.04. The molecule has 0 radical (unpaired) electrons. The summed E-state index contributed by atoms with van der Waals surface area (Å²) in [7, 11) is 0. The van der Waals surface area contributed by atoms with E-state index in [-0.39, 0.29) is 32.6 Å². The molecule has 1 aromatic heterocycles. The van der Waals surface area contributed by atoms with E-state index >= 15 is 0 Å². The molecule has 42 heavy (non-hydrogen) atoms. The van der Waals surface area contributed by atoms with Crippen LogP contribution in [0.4, 0.5) is 0 Å². The Kier molecular flexibility index (Phi) is 10.3. The van der Waals surface area contributed by atoms with E-state index in [2.05, 4.69) is 10.3 Å². The Morgan fingerprint density at radius 2 is 1.79 bits per heavy atom. The van der Waals surface area contributed by atoms with Crippen LogP contribution in [-0.2, 0) is 44.7 Å².